The molecule has 0 aromatic carbocycles. The molecule has 0 aliphatic carbocycles. The van der Waals surface area contributed by atoms with Crippen molar-refractivity contribution < 1.29 is 4.74 Å². The van der Waals surface area contributed by atoms with Gasteiger partial charge < -0.3 is 15.0 Å². The summed E-state index contributed by atoms with van der Waals surface area (Å²) in [6.45, 7) is 4.07. The van der Waals surface area contributed by atoms with Gasteiger partial charge in [-0.2, -0.15) is 11.8 Å². The van der Waals surface area contributed by atoms with Crippen LogP contribution in [0.2, 0.25) is 0 Å². The van der Waals surface area contributed by atoms with Gasteiger partial charge in [0.25, 0.3) is 0 Å². The average Bonchev–Trinajstić information content (AvgIpc) is 2.01. The summed E-state index contributed by atoms with van der Waals surface area (Å²) < 4.78 is 5.66. The first-order valence-electron chi connectivity index (χ1n) is 4.96. The Labute approximate surface area is 84.2 Å². The minimum atomic E-state index is 0.407. The highest BCUT2D eigenvalue weighted by Gasteiger charge is 2.21. The van der Waals surface area contributed by atoms with E-state index in [2.05, 4.69) is 17.3 Å². The zero-order valence-electron chi connectivity index (χ0n) is 8.16. The van der Waals surface area contributed by atoms with E-state index < -0.39 is 0 Å². The Hall–Kier alpha value is 0.230. The minimum Gasteiger partial charge on any atom is -0.374 e. The summed E-state index contributed by atoms with van der Waals surface area (Å²) >= 11 is 2.02. The normalized spacial score (nSPS) is 31.6. The second-order valence-corrected chi connectivity index (χ2v) is 4.97. The molecule has 13 heavy (non-hydrogen) atoms. The number of morpholine rings is 1. The zero-order chi connectivity index (χ0) is 9.10. The molecule has 2 heterocycles. The highest BCUT2D eigenvalue weighted by molar-refractivity contribution is 8.00. The van der Waals surface area contributed by atoms with Crippen molar-refractivity contribution in [3.8, 4) is 0 Å². The smallest absolute Gasteiger partial charge is 0.0826 e. The van der Waals surface area contributed by atoms with E-state index in [0.717, 1.165) is 32.3 Å². The van der Waals surface area contributed by atoms with Crippen LogP contribution in [0.1, 0.15) is 0 Å². The molecule has 76 valence electrons. The fourth-order valence-electron chi connectivity index (χ4n) is 1.64. The van der Waals surface area contributed by atoms with Gasteiger partial charge in [-0.05, 0) is 7.05 Å². The van der Waals surface area contributed by atoms with Crippen LogP contribution in [0.25, 0.3) is 0 Å². The third-order valence-electron chi connectivity index (χ3n) is 2.61. The molecule has 0 spiro atoms. The van der Waals surface area contributed by atoms with Gasteiger partial charge in [-0.1, -0.05) is 0 Å². The van der Waals surface area contributed by atoms with E-state index in [1.165, 1.54) is 11.5 Å². The van der Waals surface area contributed by atoms with Crippen LogP contribution in [0.15, 0.2) is 0 Å². The number of ether oxygens (including phenoxy) is 1. The largest absolute Gasteiger partial charge is 0.374 e. The molecule has 1 N–H and O–H groups in total. The number of likely N-dealkylation sites (N-methyl/N-ethyl adjacent to an activating group) is 1. The van der Waals surface area contributed by atoms with Gasteiger partial charge in [-0.25, -0.2) is 0 Å². The Balaban J connectivity index is 1.62. The Morgan fingerprint density at radius 3 is 3.00 bits per heavy atom. The van der Waals surface area contributed by atoms with Crippen molar-refractivity contribution in [3.05, 3.63) is 0 Å². The first-order chi connectivity index (χ1) is 6.34. The van der Waals surface area contributed by atoms with Crippen LogP contribution in [-0.4, -0.2) is 61.8 Å². The van der Waals surface area contributed by atoms with E-state index >= 15 is 0 Å². The maximum absolute atomic E-state index is 5.66. The van der Waals surface area contributed by atoms with Gasteiger partial charge >= 0.3 is 0 Å². The van der Waals surface area contributed by atoms with Crippen molar-refractivity contribution in [2.24, 2.45) is 0 Å². The van der Waals surface area contributed by atoms with Crippen LogP contribution in [0.3, 0.4) is 0 Å². The van der Waals surface area contributed by atoms with Crippen LogP contribution >= 0.6 is 11.8 Å². The molecular weight excluding hydrogens is 184 g/mol. The first-order valence-corrected chi connectivity index (χ1v) is 6.11. The van der Waals surface area contributed by atoms with Crippen LogP contribution in [0.5, 0.6) is 0 Å². The summed E-state index contributed by atoms with van der Waals surface area (Å²) in [5.74, 6) is 2.56. The standard InChI is InChI=1S/C9H18N2OS/c1-11-2-3-12-9(5-11)4-10-8-6-13-7-8/h8-10H,2-7H2,1H3. The molecule has 1 atom stereocenters. The summed E-state index contributed by atoms with van der Waals surface area (Å²) in [7, 11) is 2.16. The zero-order valence-corrected chi connectivity index (χ0v) is 8.98. The van der Waals surface area contributed by atoms with Crippen molar-refractivity contribution in [2.75, 3.05) is 44.8 Å². The highest BCUT2D eigenvalue weighted by atomic mass is 32.2. The van der Waals surface area contributed by atoms with Crippen LogP contribution < -0.4 is 5.32 Å². The van der Waals surface area contributed by atoms with Crippen molar-refractivity contribution in [2.45, 2.75) is 12.1 Å². The number of hydrogen-bond donors (Lipinski definition) is 1. The average molecular weight is 202 g/mol. The molecule has 0 bridgehead atoms. The van der Waals surface area contributed by atoms with Crippen LogP contribution in [0.4, 0.5) is 0 Å². The molecule has 2 rings (SSSR count). The van der Waals surface area contributed by atoms with Gasteiger partial charge in [-0.15, -0.1) is 0 Å². The summed E-state index contributed by atoms with van der Waals surface area (Å²) in [5, 5.41) is 3.54. The van der Waals surface area contributed by atoms with Crippen molar-refractivity contribution in [3.63, 3.8) is 0 Å². The number of nitrogens with zero attached hydrogens (tertiary/aromatic N) is 1. The first kappa shape index (κ1) is 9.77. The molecule has 0 saturated carbocycles. The molecular formula is C9H18N2OS. The van der Waals surface area contributed by atoms with Gasteiger partial charge in [0, 0.05) is 37.2 Å². The quantitative estimate of drug-likeness (QED) is 0.697. The van der Waals surface area contributed by atoms with E-state index in [0.29, 0.717) is 6.10 Å². The minimum absolute atomic E-state index is 0.407. The summed E-state index contributed by atoms with van der Waals surface area (Å²) in [5.41, 5.74) is 0. The number of hydrogen-bond acceptors (Lipinski definition) is 4. The Morgan fingerprint density at radius 2 is 2.38 bits per heavy atom. The molecule has 0 aromatic heterocycles. The van der Waals surface area contributed by atoms with Gasteiger partial charge in [0.15, 0.2) is 0 Å². The molecule has 2 aliphatic rings. The van der Waals surface area contributed by atoms with Gasteiger partial charge in [-0.3, -0.25) is 0 Å². The number of rotatable bonds is 3. The van der Waals surface area contributed by atoms with E-state index in [1.807, 2.05) is 11.8 Å². The lowest BCUT2D eigenvalue weighted by molar-refractivity contribution is -0.0188. The van der Waals surface area contributed by atoms with Gasteiger partial charge in [0.2, 0.25) is 0 Å². The summed E-state index contributed by atoms with van der Waals surface area (Å²) in [6.07, 6.45) is 0.407. The SMILES string of the molecule is CN1CCOC(CNC2CSC2)C1. The Kier molecular flexibility index (Phi) is 3.49. The Morgan fingerprint density at radius 1 is 1.54 bits per heavy atom. The number of thioether (sulfide) groups is 1. The third-order valence-corrected chi connectivity index (χ3v) is 3.89. The molecule has 2 fully saturated rings. The second-order valence-electron chi connectivity index (χ2n) is 3.90. The fourth-order valence-corrected chi connectivity index (χ4v) is 2.35. The fraction of sp³-hybridized carbons (Fsp3) is 1.00. The predicted octanol–water partition coefficient (Wildman–Crippen LogP) is 0.0220. The number of nitrogens with one attached hydrogen (secondary N) is 1. The van der Waals surface area contributed by atoms with Crippen molar-refractivity contribution in [1.29, 1.82) is 0 Å². The molecule has 2 aliphatic heterocycles. The lowest BCUT2D eigenvalue weighted by atomic mass is 10.2. The van der Waals surface area contributed by atoms with Crippen molar-refractivity contribution in [1.82, 2.24) is 10.2 Å². The summed E-state index contributed by atoms with van der Waals surface area (Å²) in [4.78, 5) is 2.34. The van der Waals surface area contributed by atoms with E-state index in [9.17, 15) is 0 Å². The lowest BCUT2D eigenvalue weighted by Crippen LogP contribution is -2.49. The predicted molar refractivity (Wildman–Crippen MR) is 56.4 cm³/mol. The molecule has 0 aromatic rings. The maximum atomic E-state index is 5.66. The highest BCUT2D eigenvalue weighted by Crippen LogP contribution is 2.17. The molecule has 0 radical (unpaired) electrons. The molecule has 0 amide bonds. The van der Waals surface area contributed by atoms with Crippen LogP contribution in [0, 0.1) is 0 Å². The second kappa shape index (κ2) is 4.64. The van der Waals surface area contributed by atoms with Crippen LogP contribution in [-0.2, 0) is 4.74 Å². The van der Waals surface area contributed by atoms with Gasteiger partial charge in [0.1, 0.15) is 0 Å². The van der Waals surface area contributed by atoms with E-state index in [1.54, 1.807) is 0 Å². The van der Waals surface area contributed by atoms with E-state index in [4.69, 9.17) is 4.74 Å². The lowest BCUT2D eigenvalue weighted by Gasteiger charge is -2.33. The third kappa shape index (κ3) is 2.84. The van der Waals surface area contributed by atoms with Gasteiger partial charge in [0.05, 0.1) is 12.7 Å². The Bertz CT molecular complexity index is 164. The topological polar surface area (TPSA) is 24.5 Å². The molecule has 2 saturated heterocycles. The molecule has 1 unspecified atom stereocenters. The van der Waals surface area contributed by atoms with Crippen molar-refractivity contribution >= 4 is 11.8 Å². The summed E-state index contributed by atoms with van der Waals surface area (Å²) in [6, 6.07) is 0.751. The monoisotopic (exact) mass is 202 g/mol. The molecule has 4 heteroatoms. The van der Waals surface area contributed by atoms with E-state index in [-0.39, 0.29) is 0 Å². The molecule has 3 nitrogen and oxygen atoms in total. The maximum Gasteiger partial charge on any atom is 0.0826 e.